The molecule has 7 heteroatoms. The second-order valence-corrected chi connectivity index (χ2v) is 5.03. The third-order valence-corrected chi connectivity index (χ3v) is 3.38. The van der Waals surface area contributed by atoms with Gasteiger partial charge in [0, 0.05) is 19.1 Å². The van der Waals surface area contributed by atoms with Crippen LogP contribution in [0.1, 0.15) is 12.8 Å². The van der Waals surface area contributed by atoms with E-state index in [0.29, 0.717) is 19.6 Å². The molecule has 1 fully saturated rings. The molecule has 1 aliphatic heterocycles. The average molecular weight is 222 g/mol. The fraction of sp³-hybridized carbons (Fsp3) is 1.00. The van der Waals surface area contributed by atoms with Gasteiger partial charge in [0.25, 0.3) is 10.2 Å². The van der Waals surface area contributed by atoms with Crippen molar-refractivity contribution in [1.82, 2.24) is 9.62 Å². The van der Waals surface area contributed by atoms with E-state index in [9.17, 15) is 8.42 Å². The fourth-order valence-corrected chi connectivity index (χ4v) is 2.28. The van der Waals surface area contributed by atoms with Crippen LogP contribution in [0.15, 0.2) is 0 Å². The minimum absolute atomic E-state index is 0.222. The van der Waals surface area contributed by atoms with Crippen molar-refractivity contribution in [2.45, 2.75) is 18.9 Å². The molecule has 0 spiro atoms. The van der Waals surface area contributed by atoms with Gasteiger partial charge in [0.1, 0.15) is 0 Å². The van der Waals surface area contributed by atoms with Crippen molar-refractivity contribution in [1.29, 1.82) is 0 Å². The highest BCUT2D eigenvalue weighted by molar-refractivity contribution is 7.86. The summed E-state index contributed by atoms with van der Waals surface area (Å²) in [6.45, 7) is 2.47. The molecule has 1 heterocycles. The molecule has 1 rings (SSSR count). The predicted molar refractivity (Wildman–Crippen MR) is 54.8 cm³/mol. The van der Waals surface area contributed by atoms with Crippen molar-refractivity contribution in [3.63, 3.8) is 0 Å². The Balaban J connectivity index is 2.28. The molecule has 0 aromatic carbocycles. The van der Waals surface area contributed by atoms with Gasteiger partial charge in [0.05, 0.1) is 0 Å². The first-order valence-corrected chi connectivity index (χ1v) is 6.25. The molecule has 0 aromatic heterocycles. The molecule has 84 valence electrons. The van der Waals surface area contributed by atoms with Gasteiger partial charge < -0.3 is 11.1 Å². The Morgan fingerprint density at radius 3 is 2.71 bits per heavy atom. The molecule has 6 nitrogen and oxygen atoms in total. The second kappa shape index (κ2) is 5.04. The molecule has 0 radical (unpaired) electrons. The molecular formula is C7H18N4O2S. The van der Waals surface area contributed by atoms with Crippen molar-refractivity contribution in [3.05, 3.63) is 0 Å². The van der Waals surface area contributed by atoms with Gasteiger partial charge in [-0.15, -0.1) is 0 Å². The summed E-state index contributed by atoms with van der Waals surface area (Å²) in [5.74, 6) is 0. The van der Waals surface area contributed by atoms with Crippen molar-refractivity contribution in [2.24, 2.45) is 10.9 Å². The molecule has 1 aliphatic rings. The Hall–Kier alpha value is -0.210. The van der Waals surface area contributed by atoms with Gasteiger partial charge in [-0.05, 0) is 25.9 Å². The van der Waals surface area contributed by atoms with Crippen molar-refractivity contribution in [2.75, 3.05) is 26.2 Å². The molecule has 0 saturated carbocycles. The SMILES string of the molecule is NCCCNC1CCN(S(N)(=O)=O)C1. The van der Waals surface area contributed by atoms with Crippen LogP contribution in [0, 0.1) is 0 Å². The summed E-state index contributed by atoms with van der Waals surface area (Å²) in [7, 11) is -3.50. The summed E-state index contributed by atoms with van der Waals surface area (Å²) in [6.07, 6.45) is 1.73. The van der Waals surface area contributed by atoms with E-state index in [0.717, 1.165) is 19.4 Å². The van der Waals surface area contributed by atoms with Gasteiger partial charge in [-0.2, -0.15) is 12.7 Å². The highest BCUT2D eigenvalue weighted by atomic mass is 32.2. The van der Waals surface area contributed by atoms with Gasteiger partial charge in [-0.1, -0.05) is 0 Å². The van der Waals surface area contributed by atoms with E-state index >= 15 is 0 Å². The summed E-state index contributed by atoms with van der Waals surface area (Å²) in [4.78, 5) is 0. The number of nitrogens with zero attached hydrogens (tertiary/aromatic N) is 1. The van der Waals surface area contributed by atoms with Crippen LogP contribution in [0.2, 0.25) is 0 Å². The maximum absolute atomic E-state index is 11.0. The monoisotopic (exact) mass is 222 g/mol. The minimum atomic E-state index is -3.50. The molecule has 1 unspecified atom stereocenters. The standard InChI is InChI=1S/C7H18N4O2S/c8-3-1-4-10-7-2-5-11(6-7)14(9,12)13/h7,10H,1-6,8H2,(H2,9,12,13). The van der Waals surface area contributed by atoms with Crippen LogP contribution >= 0.6 is 0 Å². The number of hydrogen-bond donors (Lipinski definition) is 3. The lowest BCUT2D eigenvalue weighted by molar-refractivity contribution is 0.457. The molecule has 1 atom stereocenters. The second-order valence-electron chi connectivity index (χ2n) is 3.48. The minimum Gasteiger partial charge on any atom is -0.330 e. The maximum atomic E-state index is 11.0. The van der Waals surface area contributed by atoms with Crippen LogP contribution in [0.5, 0.6) is 0 Å². The quantitative estimate of drug-likeness (QED) is 0.478. The summed E-state index contributed by atoms with van der Waals surface area (Å²) >= 11 is 0. The van der Waals surface area contributed by atoms with Crippen LogP contribution in [0.25, 0.3) is 0 Å². The normalized spacial score (nSPS) is 24.3. The van der Waals surface area contributed by atoms with Crippen LogP contribution in [-0.4, -0.2) is 44.9 Å². The molecule has 0 aliphatic carbocycles. The van der Waals surface area contributed by atoms with Gasteiger partial charge in [0.15, 0.2) is 0 Å². The Morgan fingerprint density at radius 1 is 1.50 bits per heavy atom. The van der Waals surface area contributed by atoms with Gasteiger partial charge in [-0.25, -0.2) is 5.14 Å². The van der Waals surface area contributed by atoms with Crippen molar-refractivity contribution >= 4 is 10.2 Å². The average Bonchev–Trinajstić information content (AvgIpc) is 2.52. The zero-order valence-corrected chi connectivity index (χ0v) is 8.96. The highest BCUT2D eigenvalue weighted by Crippen LogP contribution is 2.10. The Morgan fingerprint density at radius 2 is 2.21 bits per heavy atom. The van der Waals surface area contributed by atoms with E-state index in [1.54, 1.807) is 0 Å². The van der Waals surface area contributed by atoms with E-state index in [4.69, 9.17) is 10.9 Å². The number of nitrogens with one attached hydrogen (secondary N) is 1. The lowest BCUT2D eigenvalue weighted by Crippen LogP contribution is -2.38. The molecular weight excluding hydrogens is 204 g/mol. The Kier molecular flexibility index (Phi) is 4.27. The molecule has 1 saturated heterocycles. The lowest BCUT2D eigenvalue weighted by atomic mass is 10.2. The highest BCUT2D eigenvalue weighted by Gasteiger charge is 2.28. The van der Waals surface area contributed by atoms with E-state index in [1.165, 1.54) is 4.31 Å². The van der Waals surface area contributed by atoms with Crippen LogP contribution in [0.3, 0.4) is 0 Å². The smallest absolute Gasteiger partial charge is 0.276 e. The molecule has 0 amide bonds. The van der Waals surface area contributed by atoms with Crippen LogP contribution in [0.4, 0.5) is 0 Å². The van der Waals surface area contributed by atoms with E-state index in [2.05, 4.69) is 5.32 Å². The predicted octanol–water partition coefficient (Wildman–Crippen LogP) is -1.80. The number of nitrogens with two attached hydrogens (primary N) is 2. The van der Waals surface area contributed by atoms with Crippen molar-refractivity contribution in [3.8, 4) is 0 Å². The third-order valence-electron chi connectivity index (χ3n) is 2.32. The van der Waals surface area contributed by atoms with Crippen LogP contribution < -0.4 is 16.2 Å². The lowest BCUT2D eigenvalue weighted by Gasteiger charge is -2.13. The van der Waals surface area contributed by atoms with E-state index in [-0.39, 0.29) is 6.04 Å². The summed E-state index contributed by atoms with van der Waals surface area (Å²) in [5, 5.41) is 8.25. The van der Waals surface area contributed by atoms with Crippen LogP contribution in [-0.2, 0) is 10.2 Å². The zero-order valence-electron chi connectivity index (χ0n) is 8.15. The topological polar surface area (TPSA) is 101 Å². The summed E-state index contributed by atoms with van der Waals surface area (Å²) in [5.41, 5.74) is 5.34. The Bertz CT molecular complexity index is 267. The number of hydrogen-bond acceptors (Lipinski definition) is 4. The van der Waals surface area contributed by atoms with Gasteiger partial charge >= 0.3 is 0 Å². The molecule has 5 N–H and O–H groups in total. The fourth-order valence-electron chi connectivity index (χ4n) is 1.53. The summed E-state index contributed by atoms with van der Waals surface area (Å²) < 4.78 is 23.2. The van der Waals surface area contributed by atoms with Gasteiger partial charge in [-0.3, -0.25) is 0 Å². The zero-order chi connectivity index (χ0) is 10.6. The van der Waals surface area contributed by atoms with Gasteiger partial charge in [0.2, 0.25) is 0 Å². The summed E-state index contributed by atoms with van der Waals surface area (Å²) in [6, 6.07) is 0.222. The Labute approximate surface area is 84.8 Å². The third kappa shape index (κ3) is 3.50. The first-order valence-electron chi connectivity index (χ1n) is 4.75. The van der Waals surface area contributed by atoms with Crippen molar-refractivity contribution < 1.29 is 8.42 Å². The van der Waals surface area contributed by atoms with E-state index in [1.807, 2.05) is 0 Å². The first-order chi connectivity index (χ1) is 6.54. The van der Waals surface area contributed by atoms with E-state index < -0.39 is 10.2 Å². The largest absolute Gasteiger partial charge is 0.330 e. The molecule has 0 aromatic rings. The number of rotatable bonds is 5. The molecule has 14 heavy (non-hydrogen) atoms. The maximum Gasteiger partial charge on any atom is 0.276 e. The molecule has 0 bridgehead atoms. The first kappa shape index (κ1) is 11.9.